The van der Waals surface area contributed by atoms with Gasteiger partial charge in [-0.3, -0.25) is 4.57 Å². The Morgan fingerprint density at radius 3 is 1.62 bits per heavy atom. The average molecular weight is 596 g/mol. The van der Waals surface area contributed by atoms with Crippen molar-refractivity contribution in [1.82, 2.24) is 19.5 Å². The summed E-state index contributed by atoms with van der Waals surface area (Å²) in [7, 11) is 0. The van der Waals surface area contributed by atoms with Gasteiger partial charge in [-0.05, 0) is 48.5 Å². The van der Waals surface area contributed by atoms with E-state index >= 15 is 0 Å². The molecule has 1 aliphatic heterocycles. The van der Waals surface area contributed by atoms with Gasteiger partial charge in [-0.25, -0.2) is 4.98 Å². The summed E-state index contributed by atoms with van der Waals surface area (Å²) in [5.41, 5.74) is 7.45. The average Bonchev–Trinajstić information content (AvgIpc) is 3.45. The van der Waals surface area contributed by atoms with Crippen LogP contribution in [0.3, 0.4) is 0 Å². The molecule has 9 rings (SSSR count). The van der Waals surface area contributed by atoms with Crippen LogP contribution in [0.5, 0.6) is 0 Å². The summed E-state index contributed by atoms with van der Waals surface area (Å²) in [6.45, 7) is 0. The SMILES string of the molecule is c1ccc(-c2nc(-c3ccccc3)nc(-n3c4ccccc4c4cc(N5c6ccccc6Sc6ccccc65)ccc43)n2)cc1. The minimum Gasteiger partial charge on any atom is -0.308 e. The third-order valence-corrected chi connectivity index (χ3v) is 9.36. The van der Waals surface area contributed by atoms with Crippen molar-refractivity contribution in [3.63, 3.8) is 0 Å². The van der Waals surface area contributed by atoms with Crippen LogP contribution in [0, 0.1) is 0 Å². The Bertz CT molecular complexity index is 2260. The number of nitrogens with zero attached hydrogens (tertiary/aromatic N) is 5. The molecule has 0 atom stereocenters. The first kappa shape index (κ1) is 25.7. The number of hydrogen-bond donors (Lipinski definition) is 0. The molecule has 0 amide bonds. The molecule has 0 radical (unpaired) electrons. The highest BCUT2D eigenvalue weighted by atomic mass is 32.2. The molecule has 6 heteroatoms. The van der Waals surface area contributed by atoms with Crippen LogP contribution in [0.15, 0.2) is 161 Å². The van der Waals surface area contributed by atoms with Gasteiger partial charge in [0, 0.05) is 37.4 Å². The normalized spacial score (nSPS) is 12.3. The topological polar surface area (TPSA) is 46.8 Å². The van der Waals surface area contributed by atoms with Gasteiger partial charge in [0.05, 0.1) is 22.4 Å². The fourth-order valence-corrected chi connectivity index (χ4v) is 7.25. The lowest BCUT2D eigenvalue weighted by Crippen LogP contribution is -2.14. The molecule has 1 aliphatic rings. The van der Waals surface area contributed by atoms with Crippen LogP contribution in [0.25, 0.3) is 50.5 Å². The van der Waals surface area contributed by atoms with Gasteiger partial charge in [0.15, 0.2) is 11.6 Å². The van der Waals surface area contributed by atoms with Gasteiger partial charge in [-0.2, -0.15) is 9.97 Å². The van der Waals surface area contributed by atoms with Gasteiger partial charge in [-0.1, -0.05) is 115 Å². The van der Waals surface area contributed by atoms with Crippen LogP contribution in [-0.4, -0.2) is 19.5 Å². The first-order valence-electron chi connectivity index (χ1n) is 14.9. The molecule has 0 fully saturated rings. The lowest BCUT2D eigenvalue weighted by molar-refractivity contribution is 0.953. The van der Waals surface area contributed by atoms with E-state index in [-0.39, 0.29) is 0 Å². The van der Waals surface area contributed by atoms with E-state index in [1.807, 2.05) is 72.4 Å². The van der Waals surface area contributed by atoms with Gasteiger partial charge < -0.3 is 4.90 Å². The minimum absolute atomic E-state index is 0.590. The fourth-order valence-electron chi connectivity index (χ4n) is 6.20. The summed E-state index contributed by atoms with van der Waals surface area (Å²) in [4.78, 5) is 19.9. The molecule has 0 N–H and O–H groups in total. The van der Waals surface area contributed by atoms with Crippen molar-refractivity contribution in [2.24, 2.45) is 0 Å². The molecule has 0 bridgehead atoms. The quantitative estimate of drug-likeness (QED) is 0.203. The van der Waals surface area contributed by atoms with Crippen molar-refractivity contribution < 1.29 is 0 Å². The van der Waals surface area contributed by atoms with E-state index in [0.717, 1.165) is 38.6 Å². The molecule has 2 aromatic heterocycles. The summed E-state index contributed by atoms with van der Waals surface area (Å²) >= 11 is 1.82. The first-order chi connectivity index (χ1) is 22.3. The standard InChI is InChI=1S/C39H25N5S/c1-3-13-26(14-4-1)37-40-38(27-15-5-2-6-16-27)42-39(41-37)44-31-18-8-7-17-29(31)30-25-28(23-24-32(30)44)43-33-19-9-11-21-35(33)45-36-22-12-10-20-34(36)43/h1-25H. The molecule has 0 saturated carbocycles. The van der Waals surface area contributed by atoms with Crippen molar-refractivity contribution in [3.05, 3.63) is 152 Å². The third-order valence-electron chi connectivity index (χ3n) is 8.23. The molecule has 0 spiro atoms. The van der Waals surface area contributed by atoms with Crippen LogP contribution < -0.4 is 4.90 Å². The second-order valence-electron chi connectivity index (χ2n) is 10.9. The molecule has 45 heavy (non-hydrogen) atoms. The van der Waals surface area contributed by atoms with E-state index in [9.17, 15) is 0 Å². The van der Waals surface area contributed by atoms with Crippen LogP contribution >= 0.6 is 11.8 Å². The summed E-state index contributed by atoms with van der Waals surface area (Å²) in [5.74, 6) is 1.87. The predicted molar refractivity (Wildman–Crippen MR) is 184 cm³/mol. The Labute approximate surface area is 264 Å². The molecule has 5 nitrogen and oxygen atoms in total. The molecule has 0 unspecified atom stereocenters. The van der Waals surface area contributed by atoms with Gasteiger partial charge in [0.25, 0.3) is 0 Å². The molecule has 3 heterocycles. The Balaban J connectivity index is 1.29. The Morgan fingerprint density at radius 2 is 0.978 bits per heavy atom. The Hall–Kier alpha value is -5.72. The number of hydrogen-bond acceptors (Lipinski definition) is 5. The molecular weight excluding hydrogens is 571 g/mol. The van der Waals surface area contributed by atoms with Gasteiger partial charge in [0.1, 0.15) is 0 Å². The van der Waals surface area contributed by atoms with E-state index < -0.39 is 0 Å². The second-order valence-corrected chi connectivity index (χ2v) is 12.0. The summed E-state index contributed by atoms with van der Waals surface area (Å²) in [6, 6.07) is 52.7. The number of para-hydroxylation sites is 3. The molecule has 212 valence electrons. The monoisotopic (exact) mass is 595 g/mol. The van der Waals surface area contributed by atoms with Gasteiger partial charge >= 0.3 is 0 Å². The number of benzene rings is 6. The summed E-state index contributed by atoms with van der Waals surface area (Å²) in [5, 5.41) is 2.28. The maximum absolute atomic E-state index is 5.07. The van der Waals surface area contributed by atoms with Crippen molar-refractivity contribution in [2.75, 3.05) is 4.90 Å². The predicted octanol–water partition coefficient (Wildman–Crippen LogP) is 10.2. The van der Waals surface area contributed by atoms with E-state index in [1.54, 1.807) is 0 Å². The zero-order valence-electron chi connectivity index (χ0n) is 24.1. The maximum atomic E-state index is 5.07. The fraction of sp³-hybridized carbons (Fsp3) is 0. The lowest BCUT2D eigenvalue weighted by atomic mass is 10.1. The zero-order chi connectivity index (χ0) is 29.7. The molecule has 6 aromatic carbocycles. The highest BCUT2D eigenvalue weighted by molar-refractivity contribution is 7.99. The zero-order valence-corrected chi connectivity index (χ0v) is 24.9. The van der Waals surface area contributed by atoms with Crippen LogP contribution in [-0.2, 0) is 0 Å². The van der Waals surface area contributed by atoms with Crippen molar-refractivity contribution in [2.45, 2.75) is 9.79 Å². The largest absolute Gasteiger partial charge is 0.308 e. The minimum atomic E-state index is 0.590. The van der Waals surface area contributed by atoms with E-state index in [1.165, 1.54) is 21.2 Å². The Morgan fingerprint density at radius 1 is 0.444 bits per heavy atom. The molecule has 0 aliphatic carbocycles. The highest BCUT2D eigenvalue weighted by Crippen LogP contribution is 2.51. The van der Waals surface area contributed by atoms with E-state index in [0.29, 0.717) is 17.6 Å². The molecule has 8 aromatic rings. The van der Waals surface area contributed by atoms with E-state index in [2.05, 4.69) is 100 Å². The maximum Gasteiger partial charge on any atom is 0.238 e. The van der Waals surface area contributed by atoms with Gasteiger partial charge in [0.2, 0.25) is 5.95 Å². The van der Waals surface area contributed by atoms with Crippen LogP contribution in [0.1, 0.15) is 0 Å². The van der Waals surface area contributed by atoms with Crippen molar-refractivity contribution in [1.29, 1.82) is 0 Å². The second kappa shape index (κ2) is 10.5. The number of fused-ring (bicyclic) bond motifs is 5. The van der Waals surface area contributed by atoms with Crippen molar-refractivity contribution in [3.8, 4) is 28.7 Å². The summed E-state index contributed by atoms with van der Waals surface area (Å²) in [6.07, 6.45) is 0. The first-order valence-corrected chi connectivity index (χ1v) is 15.7. The third kappa shape index (κ3) is 4.30. The van der Waals surface area contributed by atoms with Crippen LogP contribution in [0.4, 0.5) is 17.1 Å². The number of aromatic nitrogens is 4. The van der Waals surface area contributed by atoms with Crippen LogP contribution in [0.2, 0.25) is 0 Å². The highest BCUT2D eigenvalue weighted by Gasteiger charge is 2.25. The molecule has 0 saturated heterocycles. The number of anilines is 3. The molecular formula is C39H25N5S. The Kier molecular flexibility index (Phi) is 5.99. The smallest absolute Gasteiger partial charge is 0.238 e. The lowest BCUT2D eigenvalue weighted by Gasteiger charge is -2.32. The van der Waals surface area contributed by atoms with Crippen molar-refractivity contribution >= 4 is 50.6 Å². The van der Waals surface area contributed by atoms with Gasteiger partial charge in [-0.15, -0.1) is 0 Å². The van der Waals surface area contributed by atoms with E-state index in [4.69, 9.17) is 15.0 Å². The number of rotatable bonds is 4. The summed E-state index contributed by atoms with van der Waals surface area (Å²) < 4.78 is 2.17.